The molecule has 0 bridgehead atoms. The molecule has 5 heteroatoms. The molecule has 5 nitrogen and oxygen atoms in total. The standard InChI is InChI=1S/C14H18O5/c1-14(12(15)16,13(17)19-3)9-8-10-4-6-11(18-2)7-5-10/h4-7H,8-9H2,1-3H3,(H,15,16). The summed E-state index contributed by atoms with van der Waals surface area (Å²) in [5.41, 5.74) is -0.577. The van der Waals surface area contributed by atoms with Crippen LogP contribution < -0.4 is 4.74 Å². The summed E-state index contributed by atoms with van der Waals surface area (Å²) < 4.78 is 9.60. The van der Waals surface area contributed by atoms with Crippen molar-refractivity contribution in [3.8, 4) is 5.75 Å². The summed E-state index contributed by atoms with van der Waals surface area (Å²) in [4.78, 5) is 22.8. The lowest BCUT2D eigenvalue weighted by Crippen LogP contribution is -2.37. The third kappa shape index (κ3) is 3.47. The molecule has 0 radical (unpaired) electrons. The highest BCUT2D eigenvalue weighted by molar-refractivity contribution is 5.98. The van der Waals surface area contributed by atoms with E-state index in [2.05, 4.69) is 4.74 Å². The van der Waals surface area contributed by atoms with Crippen molar-refractivity contribution in [2.45, 2.75) is 19.8 Å². The first-order valence-electron chi connectivity index (χ1n) is 5.89. The molecule has 104 valence electrons. The molecule has 19 heavy (non-hydrogen) atoms. The number of carbonyl (C=O) groups excluding carboxylic acids is 1. The number of carboxylic acid groups (broad SMARTS) is 1. The molecular weight excluding hydrogens is 248 g/mol. The van der Waals surface area contributed by atoms with Gasteiger partial charge in [-0.2, -0.15) is 0 Å². The molecule has 0 aliphatic heterocycles. The monoisotopic (exact) mass is 266 g/mol. The van der Waals surface area contributed by atoms with Gasteiger partial charge in [0.15, 0.2) is 5.41 Å². The van der Waals surface area contributed by atoms with Crippen LogP contribution in [0.2, 0.25) is 0 Å². The van der Waals surface area contributed by atoms with Crippen molar-refractivity contribution in [2.75, 3.05) is 14.2 Å². The van der Waals surface area contributed by atoms with Crippen molar-refractivity contribution in [1.82, 2.24) is 0 Å². The maximum atomic E-state index is 11.6. The second-order valence-electron chi connectivity index (χ2n) is 4.48. The molecule has 0 spiro atoms. The molecule has 0 saturated heterocycles. The van der Waals surface area contributed by atoms with Crippen LogP contribution in [0, 0.1) is 5.41 Å². The Bertz CT molecular complexity index is 451. The normalized spacial score (nSPS) is 13.4. The van der Waals surface area contributed by atoms with Crippen LogP contribution in [0.15, 0.2) is 24.3 Å². The second kappa shape index (κ2) is 6.22. The number of esters is 1. The Balaban J connectivity index is 2.76. The van der Waals surface area contributed by atoms with E-state index in [1.54, 1.807) is 19.2 Å². The zero-order chi connectivity index (χ0) is 14.5. The highest BCUT2D eigenvalue weighted by atomic mass is 16.5. The van der Waals surface area contributed by atoms with Gasteiger partial charge in [0.05, 0.1) is 14.2 Å². The summed E-state index contributed by atoms with van der Waals surface area (Å²) in [5.74, 6) is -1.17. The van der Waals surface area contributed by atoms with Gasteiger partial charge in [0.1, 0.15) is 5.75 Å². The molecule has 0 amide bonds. The first-order valence-corrected chi connectivity index (χ1v) is 5.89. The van der Waals surface area contributed by atoms with Gasteiger partial charge in [0.25, 0.3) is 0 Å². The van der Waals surface area contributed by atoms with Crippen molar-refractivity contribution in [2.24, 2.45) is 5.41 Å². The largest absolute Gasteiger partial charge is 0.497 e. The maximum absolute atomic E-state index is 11.6. The number of aliphatic carboxylic acids is 1. The van der Waals surface area contributed by atoms with Crippen LogP contribution in [0.1, 0.15) is 18.9 Å². The molecule has 1 atom stereocenters. The smallest absolute Gasteiger partial charge is 0.322 e. The fraction of sp³-hybridized carbons (Fsp3) is 0.429. The van der Waals surface area contributed by atoms with Crippen LogP contribution in [0.4, 0.5) is 0 Å². The Morgan fingerprint density at radius 2 is 1.79 bits per heavy atom. The molecule has 1 rings (SSSR count). The van der Waals surface area contributed by atoms with Crippen LogP contribution in [0.3, 0.4) is 0 Å². The van der Waals surface area contributed by atoms with Gasteiger partial charge in [-0.3, -0.25) is 9.59 Å². The lowest BCUT2D eigenvalue weighted by atomic mass is 9.84. The van der Waals surface area contributed by atoms with Gasteiger partial charge in [-0.25, -0.2) is 0 Å². The molecule has 1 unspecified atom stereocenters. The Morgan fingerprint density at radius 3 is 2.21 bits per heavy atom. The number of rotatable bonds is 6. The number of carbonyl (C=O) groups is 2. The van der Waals surface area contributed by atoms with Crippen molar-refractivity contribution >= 4 is 11.9 Å². The predicted octanol–water partition coefficient (Wildman–Crippen LogP) is 1.89. The number of aryl methyl sites for hydroxylation is 1. The summed E-state index contributed by atoms with van der Waals surface area (Å²) in [5, 5.41) is 9.17. The number of ether oxygens (including phenoxy) is 2. The molecule has 0 aromatic heterocycles. The Morgan fingerprint density at radius 1 is 1.21 bits per heavy atom. The highest BCUT2D eigenvalue weighted by Crippen LogP contribution is 2.26. The van der Waals surface area contributed by atoms with Gasteiger partial charge >= 0.3 is 11.9 Å². The van der Waals surface area contributed by atoms with Gasteiger partial charge in [-0.05, 0) is 37.5 Å². The van der Waals surface area contributed by atoms with E-state index in [1.165, 1.54) is 14.0 Å². The molecule has 1 N–H and O–H groups in total. The fourth-order valence-corrected chi connectivity index (χ4v) is 1.71. The molecule has 0 fully saturated rings. The van der Waals surface area contributed by atoms with Gasteiger partial charge in [-0.1, -0.05) is 12.1 Å². The van der Waals surface area contributed by atoms with Crippen molar-refractivity contribution in [3.63, 3.8) is 0 Å². The van der Waals surface area contributed by atoms with Crippen LogP contribution in [-0.2, 0) is 20.7 Å². The number of benzene rings is 1. The van der Waals surface area contributed by atoms with Gasteiger partial charge < -0.3 is 14.6 Å². The lowest BCUT2D eigenvalue weighted by Gasteiger charge is -2.21. The van der Waals surface area contributed by atoms with E-state index in [-0.39, 0.29) is 6.42 Å². The van der Waals surface area contributed by atoms with E-state index in [4.69, 9.17) is 4.74 Å². The minimum absolute atomic E-state index is 0.182. The van der Waals surface area contributed by atoms with Crippen molar-refractivity contribution in [3.05, 3.63) is 29.8 Å². The zero-order valence-electron chi connectivity index (χ0n) is 11.3. The summed E-state index contributed by atoms with van der Waals surface area (Å²) >= 11 is 0. The average molecular weight is 266 g/mol. The molecular formula is C14H18O5. The zero-order valence-corrected chi connectivity index (χ0v) is 11.3. The quantitative estimate of drug-likeness (QED) is 0.628. The summed E-state index contributed by atoms with van der Waals surface area (Å²) in [6.07, 6.45) is 0.656. The lowest BCUT2D eigenvalue weighted by molar-refractivity contribution is -0.166. The van der Waals surface area contributed by atoms with Crippen LogP contribution >= 0.6 is 0 Å². The van der Waals surface area contributed by atoms with Crippen LogP contribution in [0.5, 0.6) is 5.75 Å². The van der Waals surface area contributed by atoms with Crippen LogP contribution in [-0.4, -0.2) is 31.3 Å². The minimum Gasteiger partial charge on any atom is -0.497 e. The first kappa shape index (κ1) is 15.0. The molecule has 0 saturated carbocycles. The Labute approximate surface area is 112 Å². The van der Waals surface area contributed by atoms with Crippen LogP contribution in [0.25, 0.3) is 0 Å². The average Bonchev–Trinajstić information content (AvgIpc) is 2.44. The molecule has 1 aromatic rings. The van der Waals surface area contributed by atoms with Crippen molar-refractivity contribution in [1.29, 1.82) is 0 Å². The van der Waals surface area contributed by atoms with E-state index in [0.717, 1.165) is 11.3 Å². The molecule has 1 aromatic carbocycles. The topological polar surface area (TPSA) is 72.8 Å². The Hall–Kier alpha value is -2.04. The number of methoxy groups -OCH3 is 2. The first-order chi connectivity index (χ1) is 8.93. The Kier molecular flexibility index (Phi) is 4.92. The summed E-state index contributed by atoms with van der Waals surface area (Å²) in [6.45, 7) is 1.38. The third-order valence-corrected chi connectivity index (χ3v) is 3.18. The number of hydrogen-bond acceptors (Lipinski definition) is 4. The van der Waals surface area contributed by atoms with Gasteiger partial charge in [0.2, 0.25) is 0 Å². The van der Waals surface area contributed by atoms with Crippen molar-refractivity contribution < 1.29 is 24.2 Å². The predicted molar refractivity (Wildman–Crippen MR) is 69.1 cm³/mol. The highest BCUT2D eigenvalue weighted by Gasteiger charge is 2.42. The third-order valence-electron chi connectivity index (χ3n) is 3.18. The maximum Gasteiger partial charge on any atom is 0.322 e. The SMILES string of the molecule is COC(=O)C(C)(CCc1ccc(OC)cc1)C(=O)O. The van der Waals surface area contributed by atoms with E-state index in [1.807, 2.05) is 12.1 Å². The van der Waals surface area contributed by atoms with Gasteiger partial charge in [0, 0.05) is 0 Å². The molecule has 0 aliphatic carbocycles. The summed E-state index contributed by atoms with van der Waals surface area (Å²) in [7, 11) is 2.77. The van der Waals surface area contributed by atoms with E-state index in [0.29, 0.717) is 6.42 Å². The second-order valence-corrected chi connectivity index (χ2v) is 4.48. The van der Waals surface area contributed by atoms with Gasteiger partial charge in [-0.15, -0.1) is 0 Å². The number of hydrogen-bond donors (Lipinski definition) is 1. The van der Waals surface area contributed by atoms with E-state index in [9.17, 15) is 14.7 Å². The van der Waals surface area contributed by atoms with E-state index >= 15 is 0 Å². The number of carboxylic acids is 1. The fourth-order valence-electron chi connectivity index (χ4n) is 1.71. The minimum atomic E-state index is -1.52. The molecule has 0 heterocycles. The summed E-state index contributed by atoms with van der Waals surface area (Å²) in [6, 6.07) is 7.29. The molecule has 0 aliphatic rings. The van der Waals surface area contributed by atoms with E-state index < -0.39 is 17.4 Å².